The number of hydrogen-bond acceptors (Lipinski definition) is 8. The highest BCUT2D eigenvalue weighted by Crippen LogP contribution is 2.32. The van der Waals surface area contributed by atoms with E-state index in [9.17, 15) is 34.1 Å². The van der Waals surface area contributed by atoms with Gasteiger partial charge in [0.25, 0.3) is 6.04 Å². The lowest BCUT2D eigenvalue weighted by Crippen LogP contribution is -2.32. The SMILES string of the molecule is COc1cccc(C2CCCCC2=O)c1.O=C1CCCCC1.O=C1CCCCC1Cl.O=C1CCCCC1[N+](=O)[O-].O=C1CCCCC1c1ccccc1. The van der Waals surface area contributed by atoms with Crippen molar-refractivity contribution in [3.63, 3.8) is 0 Å². The standard InChI is InChI=1S/C13H16O2.C12H14O.C6H9ClO.C6H9NO3.C6H10O/c1-15-11-6-4-5-10(9-11)12-7-2-3-8-13(12)14;13-12-9-5-4-8-11(12)10-6-2-1-3-7-10;7-5-3-1-2-4-6(5)8;8-6-4-2-1-3-5(6)7(9)10;7-6-4-2-1-3-5-6/h4-6,9,12H,2-3,7-8H2,1H3;1-3,6-7,11H,4-5,8-9H2;5H,1-4H2;5H,1-4H2;1-5H2. The average molecular weight is 752 g/mol. The van der Waals surface area contributed by atoms with Gasteiger partial charge in [-0.15, -0.1) is 11.6 Å². The van der Waals surface area contributed by atoms with Crippen LogP contribution in [0.1, 0.15) is 158 Å². The topological polar surface area (TPSA) is 138 Å². The summed E-state index contributed by atoms with van der Waals surface area (Å²) in [5.41, 5.74) is 2.31. The first kappa shape index (κ1) is 43.7. The van der Waals surface area contributed by atoms with Crippen molar-refractivity contribution in [1.82, 2.24) is 0 Å². The number of alkyl halides is 1. The molecule has 9 nitrogen and oxygen atoms in total. The molecule has 0 bridgehead atoms. The van der Waals surface area contributed by atoms with Crippen LogP contribution in [0.3, 0.4) is 0 Å². The number of halogens is 1. The summed E-state index contributed by atoms with van der Waals surface area (Å²) in [5, 5.41) is 9.99. The van der Waals surface area contributed by atoms with E-state index < -0.39 is 11.0 Å². The van der Waals surface area contributed by atoms with Crippen LogP contribution in [0.5, 0.6) is 5.75 Å². The number of hydrogen-bond donors (Lipinski definition) is 0. The Hall–Kier alpha value is -3.72. The number of rotatable bonds is 4. The Morgan fingerprint density at radius 3 is 1.49 bits per heavy atom. The van der Waals surface area contributed by atoms with E-state index in [0.29, 0.717) is 36.6 Å². The number of nitro groups is 1. The molecular weight excluding hydrogens is 694 g/mol. The van der Waals surface area contributed by atoms with Gasteiger partial charge in [-0.2, -0.15) is 0 Å². The van der Waals surface area contributed by atoms with Gasteiger partial charge in [0.05, 0.1) is 12.5 Å². The summed E-state index contributed by atoms with van der Waals surface area (Å²) in [6.45, 7) is 0. The first-order chi connectivity index (χ1) is 25.6. The van der Waals surface area contributed by atoms with E-state index in [-0.39, 0.29) is 28.8 Å². The third-order valence-corrected chi connectivity index (χ3v) is 10.9. The highest BCUT2D eigenvalue weighted by Gasteiger charge is 2.31. The van der Waals surface area contributed by atoms with Crippen LogP contribution in [-0.4, -0.2) is 52.4 Å². The van der Waals surface area contributed by atoms with Gasteiger partial charge in [-0.1, -0.05) is 68.1 Å². The molecule has 2 aromatic carbocycles. The summed E-state index contributed by atoms with van der Waals surface area (Å²) in [4.78, 5) is 64.9. The van der Waals surface area contributed by atoms with Gasteiger partial charge in [-0.3, -0.25) is 34.1 Å². The average Bonchev–Trinajstić information content (AvgIpc) is 3.18. The van der Waals surface area contributed by atoms with Gasteiger partial charge >= 0.3 is 0 Å². The molecule has 0 amide bonds. The fourth-order valence-electron chi connectivity index (χ4n) is 7.29. The first-order valence-electron chi connectivity index (χ1n) is 19.7. The summed E-state index contributed by atoms with van der Waals surface area (Å²) in [7, 11) is 1.65. The van der Waals surface area contributed by atoms with Gasteiger partial charge in [0, 0.05) is 61.7 Å². The van der Waals surface area contributed by atoms with Crippen molar-refractivity contribution in [2.24, 2.45) is 0 Å². The number of ketones is 5. The molecule has 5 aliphatic rings. The number of benzene rings is 2. The van der Waals surface area contributed by atoms with E-state index in [0.717, 1.165) is 114 Å². The Balaban J connectivity index is 0.000000183. The van der Waals surface area contributed by atoms with E-state index in [1.165, 1.54) is 18.4 Å². The van der Waals surface area contributed by atoms with Crippen LogP contribution in [0, 0.1) is 10.1 Å². The van der Waals surface area contributed by atoms with Crippen molar-refractivity contribution in [2.45, 2.75) is 158 Å². The van der Waals surface area contributed by atoms with Crippen molar-refractivity contribution >= 4 is 40.5 Å². The number of Topliss-reactive ketones (excluding diaryl/α,β-unsaturated/α-hetero) is 5. The third kappa shape index (κ3) is 16.0. The highest BCUT2D eigenvalue weighted by molar-refractivity contribution is 6.31. The van der Waals surface area contributed by atoms with E-state index in [1.807, 2.05) is 42.5 Å². The number of methoxy groups -OCH3 is 1. The zero-order valence-electron chi connectivity index (χ0n) is 31.4. The predicted octanol–water partition coefficient (Wildman–Crippen LogP) is 9.87. The van der Waals surface area contributed by atoms with E-state index in [1.54, 1.807) is 7.11 Å². The second-order valence-corrected chi connectivity index (χ2v) is 15.0. The summed E-state index contributed by atoms with van der Waals surface area (Å²) in [6.07, 6.45) is 19.5. The van der Waals surface area contributed by atoms with Crippen LogP contribution >= 0.6 is 11.6 Å². The minimum atomic E-state index is -0.895. The lowest BCUT2D eigenvalue weighted by atomic mass is 9.83. The Bertz CT molecular complexity index is 1470. The molecule has 0 heterocycles. The first-order valence-corrected chi connectivity index (χ1v) is 20.1. The minimum absolute atomic E-state index is 0.105. The van der Waals surface area contributed by atoms with Crippen LogP contribution in [0.25, 0.3) is 0 Å². The van der Waals surface area contributed by atoms with Crippen molar-refractivity contribution in [3.05, 3.63) is 75.8 Å². The van der Waals surface area contributed by atoms with Crippen LogP contribution < -0.4 is 4.74 Å². The summed E-state index contributed by atoms with van der Waals surface area (Å²) in [6, 6.07) is 17.1. The monoisotopic (exact) mass is 751 g/mol. The molecule has 0 aromatic heterocycles. The zero-order chi connectivity index (χ0) is 38.4. The Kier molecular flexibility index (Phi) is 20.2. The molecule has 0 radical (unpaired) electrons. The highest BCUT2D eigenvalue weighted by atomic mass is 35.5. The quantitative estimate of drug-likeness (QED) is 0.171. The molecule has 0 aliphatic heterocycles. The van der Waals surface area contributed by atoms with Crippen LogP contribution in [-0.2, 0) is 24.0 Å². The smallest absolute Gasteiger partial charge is 0.270 e. The molecule has 4 unspecified atom stereocenters. The molecule has 7 rings (SSSR count). The van der Waals surface area contributed by atoms with Gasteiger partial charge in [0.15, 0.2) is 5.78 Å². The normalized spacial score (nSPS) is 24.3. The van der Waals surface area contributed by atoms with E-state index >= 15 is 0 Å². The molecule has 5 saturated carbocycles. The largest absolute Gasteiger partial charge is 0.497 e. The number of carbonyl (C=O) groups excluding carboxylic acids is 5. The molecule has 0 saturated heterocycles. The van der Waals surface area contributed by atoms with Gasteiger partial charge in [0.2, 0.25) is 5.78 Å². The van der Waals surface area contributed by atoms with Crippen molar-refractivity contribution < 1.29 is 33.6 Å². The zero-order valence-corrected chi connectivity index (χ0v) is 32.2. The Morgan fingerprint density at radius 2 is 1.06 bits per heavy atom. The maximum absolute atomic E-state index is 11.8. The second kappa shape index (κ2) is 24.6. The molecule has 10 heteroatoms. The number of carbonyl (C=O) groups is 5. The van der Waals surface area contributed by atoms with Crippen LogP contribution in [0.4, 0.5) is 0 Å². The third-order valence-electron chi connectivity index (χ3n) is 10.5. The number of ether oxygens (including phenoxy) is 1. The number of nitrogens with zero attached hydrogens (tertiary/aromatic N) is 1. The Morgan fingerprint density at radius 1 is 0.566 bits per heavy atom. The van der Waals surface area contributed by atoms with Gasteiger partial charge < -0.3 is 4.74 Å². The summed E-state index contributed by atoms with van der Waals surface area (Å²) in [5.74, 6) is 2.45. The van der Waals surface area contributed by atoms with Gasteiger partial charge in [0.1, 0.15) is 23.1 Å². The molecule has 5 fully saturated rings. The second-order valence-electron chi connectivity index (χ2n) is 14.5. The van der Waals surface area contributed by atoms with E-state index in [4.69, 9.17) is 16.3 Å². The van der Waals surface area contributed by atoms with Crippen LogP contribution in [0.15, 0.2) is 54.6 Å². The maximum Gasteiger partial charge on any atom is 0.270 e. The molecular formula is C43H58ClNO8. The fourth-order valence-corrected chi connectivity index (χ4v) is 7.55. The summed E-state index contributed by atoms with van der Waals surface area (Å²) >= 11 is 5.62. The predicted molar refractivity (Wildman–Crippen MR) is 207 cm³/mol. The van der Waals surface area contributed by atoms with Crippen molar-refractivity contribution in [2.75, 3.05) is 7.11 Å². The lowest BCUT2D eigenvalue weighted by molar-refractivity contribution is -0.509. The van der Waals surface area contributed by atoms with Gasteiger partial charge in [-0.25, -0.2) is 0 Å². The molecule has 53 heavy (non-hydrogen) atoms. The molecule has 0 spiro atoms. The van der Waals surface area contributed by atoms with Crippen molar-refractivity contribution in [3.8, 4) is 5.75 Å². The lowest BCUT2D eigenvalue weighted by Gasteiger charge is -2.21. The van der Waals surface area contributed by atoms with E-state index in [2.05, 4.69) is 12.1 Å². The van der Waals surface area contributed by atoms with Crippen molar-refractivity contribution in [1.29, 1.82) is 0 Å². The van der Waals surface area contributed by atoms with Crippen LogP contribution in [0.2, 0.25) is 0 Å². The maximum atomic E-state index is 11.8. The molecule has 0 N–H and O–H groups in total. The fraction of sp³-hybridized carbons (Fsp3) is 0.605. The summed E-state index contributed by atoms with van der Waals surface area (Å²) < 4.78 is 5.17. The minimum Gasteiger partial charge on any atom is -0.497 e. The molecule has 2 aromatic rings. The van der Waals surface area contributed by atoms with Gasteiger partial charge in [-0.05, 0) is 87.5 Å². The molecule has 5 aliphatic carbocycles. The molecule has 4 atom stereocenters. The molecule has 290 valence electrons. The Labute approximate surface area is 320 Å².